The van der Waals surface area contributed by atoms with Crippen LogP contribution in [0.4, 0.5) is 17.2 Å². The number of rotatable bonds is 7. The molecule has 12 heteroatoms. The Kier molecular flexibility index (Phi) is 6.98. The van der Waals surface area contributed by atoms with E-state index in [1.807, 2.05) is 6.92 Å². The lowest BCUT2D eigenvalue weighted by Crippen LogP contribution is -2.48. The van der Waals surface area contributed by atoms with Crippen LogP contribution in [0.25, 0.3) is 0 Å². The number of sulfonamides is 2. The van der Waals surface area contributed by atoms with Gasteiger partial charge in [-0.25, -0.2) is 21.8 Å². The number of pyridine rings is 1. The molecule has 0 bridgehead atoms. The van der Waals surface area contributed by atoms with Crippen LogP contribution in [0.1, 0.15) is 5.56 Å². The molecule has 10 nitrogen and oxygen atoms in total. The fourth-order valence-corrected chi connectivity index (χ4v) is 6.45. The molecule has 4 aromatic rings. The number of hydrogen-bond acceptors (Lipinski definition) is 7. The molecule has 2 heterocycles. The quantitative estimate of drug-likeness (QED) is 0.349. The molecule has 0 unspecified atom stereocenters. The smallest absolute Gasteiger partial charge is 0.267 e. The van der Waals surface area contributed by atoms with Crippen molar-refractivity contribution in [1.82, 2.24) is 4.98 Å². The second-order valence-corrected chi connectivity index (χ2v) is 12.3. The summed E-state index contributed by atoms with van der Waals surface area (Å²) >= 11 is 0. The van der Waals surface area contributed by atoms with Crippen molar-refractivity contribution < 1.29 is 26.4 Å². The zero-order valence-corrected chi connectivity index (χ0v) is 22.3. The molecule has 5 rings (SSSR count). The summed E-state index contributed by atoms with van der Waals surface area (Å²) in [4.78, 5) is 17.2. The van der Waals surface area contributed by atoms with E-state index in [1.165, 1.54) is 53.0 Å². The molecular weight excluding hydrogens is 540 g/mol. The number of nitrogens with one attached hydrogen (secondary N) is 2. The number of carbonyl (C=O) groups is 1. The Morgan fingerprint density at radius 2 is 1.54 bits per heavy atom. The van der Waals surface area contributed by atoms with Gasteiger partial charge in [0, 0.05) is 11.9 Å². The Morgan fingerprint density at radius 3 is 2.23 bits per heavy atom. The molecule has 0 saturated carbocycles. The molecule has 1 atom stereocenters. The van der Waals surface area contributed by atoms with Crippen molar-refractivity contribution in [2.75, 3.05) is 20.9 Å². The number of aryl methyl sites for hydroxylation is 1. The van der Waals surface area contributed by atoms with Crippen molar-refractivity contribution in [2.45, 2.75) is 22.8 Å². The summed E-state index contributed by atoms with van der Waals surface area (Å²) in [6.45, 7) is 1.61. The Morgan fingerprint density at radius 1 is 0.872 bits per heavy atom. The largest absolute Gasteiger partial charge is 0.476 e. The van der Waals surface area contributed by atoms with Gasteiger partial charge in [0.15, 0.2) is 6.10 Å². The van der Waals surface area contributed by atoms with Crippen LogP contribution in [-0.2, 0) is 24.8 Å². The van der Waals surface area contributed by atoms with Gasteiger partial charge in [0.05, 0.1) is 22.0 Å². The van der Waals surface area contributed by atoms with Gasteiger partial charge >= 0.3 is 0 Å². The number of hydrogen-bond donors (Lipinski definition) is 2. The van der Waals surface area contributed by atoms with Gasteiger partial charge in [-0.2, -0.15) is 0 Å². The molecule has 2 N–H and O–H groups in total. The highest BCUT2D eigenvalue weighted by molar-refractivity contribution is 7.93. The second kappa shape index (κ2) is 10.4. The van der Waals surface area contributed by atoms with E-state index in [-0.39, 0.29) is 27.9 Å². The van der Waals surface area contributed by atoms with Crippen LogP contribution in [0.5, 0.6) is 5.75 Å². The third-order valence-electron chi connectivity index (χ3n) is 5.97. The second-order valence-electron chi connectivity index (χ2n) is 8.76. The molecule has 1 aromatic heterocycles. The van der Waals surface area contributed by atoms with Crippen LogP contribution in [0.15, 0.2) is 107 Å². The lowest BCUT2D eigenvalue weighted by atomic mass is 10.2. The minimum atomic E-state index is -3.98. The molecule has 3 aromatic carbocycles. The molecule has 0 fully saturated rings. The highest BCUT2D eigenvalue weighted by atomic mass is 32.2. The van der Waals surface area contributed by atoms with Crippen LogP contribution in [0.2, 0.25) is 0 Å². The molecule has 1 aliphatic heterocycles. The number of nitrogens with zero attached hydrogens (tertiary/aromatic N) is 2. The molecule has 1 aliphatic rings. The first-order valence-electron chi connectivity index (χ1n) is 11.8. The first kappa shape index (κ1) is 26.2. The Balaban J connectivity index is 1.34. The molecule has 200 valence electrons. The van der Waals surface area contributed by atoms with Gasteiger partial charge in [0.2, 0.25) is 0 Å². The van der Waals surface area contributed by atoms with E-state index in [0.29, 0.717) is 11.4 Å². The van der Waals surface area contributed by atoms with E-state index in [0.717, 1.165) is 5.56 Å². The minimum absolute atomic E-state index is 0.0237. The van der Waals surface area contributed by atoms with Crippen LogP contribution in [0, 0.1) is 6.92 Å². The molecule has 0 radical (unpaired) electrons. The zero-order valence-electron chi connectivity index (χ0n) is 20.7. The number of para-hydroxylation sites is 2. The van der Waals surface area contributed by atoms with Crippen molar-refractivity contribution in [3.8, 4) is 5.75 Å². The Hall–Kier alpha value is -4.42. The van der Waals surface area contributed by atoms with E-state index >= 15 is 0 Å². The lowest BCUT2D eigenvalue weighted by Gasteiger charge is -2.34. The maximum absolute atomic E-state index is 13.5. The van der Waals surface area contributed by atoms with Crippen LogP contribution >= 0.6 is 0 Å². The third kappa shape index (κ3) is 5.56. The number of benzene rings is 3. The fraction of sp³-hybridized carbons (Fsp3) is 0.111. The monoisotopic (exact) mass is 564 g/mol. The first-order chi connectivity index (χ1) is 18.6. The normalized spacial score (nSPS) is 15.1. The topological polar surface area (TPSA) is 135 Å². The Labute approximate surface area is 226 Å². The van der Waals surface area contributed by atoms with Crippen molar-refractivity contribution in [3.63, 3.8) is 0 Å². The first-order valence-corrected chi connectivity index (χ1v) is 14.8. The number of amides is 1. The predicted molar refractivity (Wildman–Crippen MR) is 147 cm³/mol. The summed E-state index contributed by atoms with van der Waals surface area (Å²) in [6, 6.07) is 23.5. The van der Waals surface area contributed by atoms with Gasteiger partial charge in [-0.15, -0.1) is 0 Å². The molecule has 1 amide bonds. The number of anilines is 3. The summed E-state index contributed by atoms with van der Waals surface area (Å²) < 4.78 is 61.7. The van der Waals surface area contributed by atoms with Crippen LogP contribution in [0.3, 0.4) is 0 Å². The van der Waals surface area contributed by atoms with E-state index < -0.39 is 32.1 Å². The highest BCUT2D eigenvalue weighted by Gasteiger charge is 2.37. The number of fused-ring (bicyclic) bond motifs is 1. The predicted octanol–water partition coefficient (Wildman–Crippen LogP) is 3.79. The van der Waals surface area contributed by atoms with Crippen LogP contribution in [-0.4, -0.2) is 40.4 Å². The lowest BCUT2D eigenvalue weighted by molar-refractivity contribution is -0.122. The van der Waals surface area contributed by atoms with Crippen molar-refractivity contribution in [3.05, 3.63) is 103 Å². The zero-order chi connectivity index (χ0) is 27.6. The molecule has 0 spiro atoms. The van der Waals surface area contributed by atoms with Gasteiger partial charge in [-0.3, -0.25) is 13.8 Å². The summed E-state index contributed by atoms with van der Waals surface area (Å²) in [7, 11) is -7.87. The van der Waals surface area contributed by atoms with Crippen molar-refractivity contribution in [2.24, 2.45) is 0 Å². The SMILES string of the molecule is Cc1ccc(S(=O)(=O)N2C[C@H](C(=O)Nc3ccc(S(=O)(=O)Nc4ccccn4)cc3)Oc3ccccc32)cc1. The highest BCUT2D eigenvalue weighted by Crippen LogP contribution is 2.37. The molecule has 39 heavy (non-hydrogen) atoms. The van der Waals surface area contributed by atoms with Gasteiger partial charge in [0.1, 0.15) is 11.6 Å². The van der Waals surface area contributed by atoms with Gasteiger partial charge in [-0.1, -0.05) is 35.9 Å². The Bertz CT molecular complexity index is 1710. The average Bonchev–Trinajstić information content (AvgIpc) is 2.93. The summed E-state index contributed by atoms with van der Waals surface area (Å²) in [5, 5.41) is 2.68. The molecular formula is C27H24N4O6S2. The van der Waals surface area contributed by atoms with Crippen molar-refractivity contribution >= 4 is 43.1 Å². The van der Waals surface area contributed by atoms with Gasteiger partial charge in [0.25, 0.3) is 26.0 Å². The average molecular weight is 565 g/mol. The van der Waals surface area contributed by atoms with E-state index in [2.05, 4.69) is 15.0 Å². The summed E-state index contributed by atoms with van der Waals surface area (Å²) in [5.41, 5.74) is 1.56. The van der Waals surface area contributed by atoms with E-state index in [4.69, 9.17) is 4.74 Å². The fourth-order valence-electron chi connectivity index (χ4n) is 3.96. The molecule has 0 aliphatic carbocycles. The maximum atomic E-state index is 13.5. The van der Waals surface area contributed by atoms with Gasteiger partial charge in [-0.05, 0) is 67.6 Å². The summed E-state index contributed by atoms with van der Waals surface area (Å²) in [6.07, 6.45) is 0.310. The maximum Gasteiger partial charge on any atom is 0.267 e. The summed E-state index contributed by atoms with van der Waals surface area (Å²) in [5.74, 6) is -0.160. The molecule has 0 saturated heterocycles. The number of carbonyl (C=O) groups excluding carboxylic acids is 1. The van der Waals surface area contributed by atoms with E-state index in [1.54, 1.807) is 48.5 Å². The van der Waals surface area contributed by atoms with Gasteiger partial charge < -0.3 is 10.1 Å². The standard InChI is InChI=1S/C27H24N4O6S2/c1-19-9-13-22(14-10-19)39(35,36)31-18-25(37-24-7-3-2-6-23(24)31)27(32)29-20-11-15-21(16-12-20)38(33,34)30-26-8-4-5-17-28-26/h2-17,25H,18H2,1H3,(H,28,30)(H,29,32)/t25-/m1/s1. The van der Waals surface area contributed by atoms with E-state index in [9.17, 15) is 21.6 Å². The number of aromatic nitrogens is 1. The third-order valence-corrected chi connectivity index (χ3v) is 9.14. The minimum Gasteiger partial charge on any atom is -0.476 e. The van der Waals surface area contributed by atoms with Crippen molar-refractivity contribution in [1.29, 1.82) is 0 Å². The number of ether oxygens (including phenoxy) is 1. The van der Waals surface area contributed by atoms with Crippen LogP contribution < -0.4 is 19.1 Å².